The molecule has 0 radical (unpaired) electrons. The third-order valence-electron chi connectivity index (χ3n) is 3.80. The Morgan fingerprint density at radius 2 is 1.58 bits per heavy atom. The highest BCUT2D eigenvalue weighted by molar-refractivity contribution is 5.74. The molecule has 122 valence electrons. The predicted molar refractivity (Wildman–Crippen MR) is 108 cm³/mol. The molecule has 2 rings (SSSR count). The van der Waals surface area contributed by atoms with Crippen LogP contribution in [0.4, 0.5) is 0 Å². The standard InChI is InChI=1S/C24H26/c1-4-7-12-22-13-8-9-14-24(22)19-20-15-17-23(18-16-20)21(10-5-2)11-6-3/h4-5,7-19H,6H2,1-3H3/b7-4+,10-5-,21-11+,22-12-,24-19-. The monoisotopic (exact) mass is 314 g/mol. The van der Waals surface area contributed by atoms with Crippen LogP contribution in [0.25, 0.3) is 17.7 Å². The molecular weight excluding hydrogens is 288 g/mol. The zero-order chi connectivity index (χ0) is 17.2. The number of hydrogen-bond acceptors (Lipinski definition) is 0. The summed E-state index contributed by atoms with van der Waals surface area (Å²) in [7, 11) is 0. The molecule has 0 N–H and O–H groups in total. The molecule has 0 atom stereocenters. The van der Waals surface area contributed by atoms with E-state index in [1.165, 1.54) is 27.1 Å². The third kappa shape index (κ3) is 4.96. The molecule has 0 heteroatoms. The highest BCUT2D eigenvalue weighted by atomic mass is 14.0. The summed E-state index contributed by atoms with van der Waals surface area (Å²) in [6, 6.07) is 17.2. The van der Waals surface area contributed by atoms with Crippen LogP contribution in [0.3, 0.4) is 0 Å². The lowest BCUT2D eigenvalue weighted by atomic mass is 10.0. The molecule has 0 unspecified atom stereocenters. The van der Waals surface area contributed by atoms with E-state index in [9.17, 15) is 0 Å². The van der Waals surface area contributed by atoms with Crippen molar-refractivity contribution in [2.24, 2.45) is 0 Å². The van der Waals surface area contributed by atoms with Gasteiger partial charge in [0, 0.05) is 0 Å². The van der Waals surface area contributed by atoms with E-state index in [1.807, 2.05) is 6.92 Å². The molecule has 0 heterocycles. The predicted octanol–water partition coefficient (Wildman–Crippen LogP) is 5.24. The van der Waals surface area contributed by atoms with Gasteiger partial charge in [0.15, 0.2) is 0 Å². The minimum Gasteiger partial charge on any atom is -0.0876 e. The molecular formula is C24H26. The fraction of sp³-hybridized carbons (Fsp3) is 0.167. The Kier molecular flexibility index (Phi) is 7.04. The molecule has 0 aromatic heterocycles. The van der Waals surface area contributed by atoms with Crippen molar-refractivity contribution in [1.82, 2.24) is 0 Å². The molecule has 0 fully saturated rings. The van der Waals surface area contributed by atoms with Gasteiger partial charge >= 0.3 is 0 Å². The maximum absolute atomic E-state index is 2.26. The van der Waals surface area contributed by atoms with Gasteiger partial charge in [0.05, 0.1) is 0 Å². The van der Waals surface area contributed by atoms with Crippen molar-refractivity contribution in [3.05, 3.63) is 100 Å². The summed E-state index contributed by atoms with van der Waals surface area (Å²) in [4.78, 5) is 0. The van der Waals surface area contributed by atoms with Gasteiger partial charge in [0.2, 0.25) is 0 Å². The van der Waals surface area contributed by atoms with Crippen LogP contribution in [0.15, 0.2) is 78.9 Å². The summed E-state index contributed by atoms with van der Waals surface area (Å²) >= 11 is 0. The molecule has 0 aliphatic rings. The van der Waals surface area contributed by atoms with Crippen LogP contribution < -0.4 is 10.4 Å². The van der Waals surface area contributed by atoms with Gasteiger partial charge in [0.1, 0.15) is 0 Å². The first-order chi connectivity index (χ1) is 11.8. The van der Waals surface area contributed by atoms with Crippen LogP contribution in [0.2, 0.25) is 0 Å². The first-order valence-corrected chi connectivity index (χ1v) is 8.61. The Labute approximate surface area is 145 Å². The third-order valence-corrected chi connectivity index (χ3v) is 3.80. The first-order valence-electron chi connectivity index (χ1n) is 8.61. The van der Waals surface area contributed by atoms with Crippen LogP contribution >= 0.6 is 0 Å². The van der Waals surface area contributed by atoms with E-state index < -0.39 is 0 Å². The zero-order valence-electron chi connectivity index (χ0n) is 14.9. The van der Waals surface area contributed by atoms with Gasteiger partial charge in [-0.25, -0.2) is 0 Å². The van der Waals surface area contributed by atoms with Crippen molar-refractivity contribution < 1.29 is 0 Å². The van der Waals surface area contributed by atoms with Gasteiger partial charge in [-0.3, -0.25) is 0 Å². The van der Waals surface area contributed by atoms with E-state index in [0.717, 1.165) is 6.42 Å². The molecule has 0 nitrogen and oxygen atoms in total. The molecule has 0 aliphatic carbocycles. The van der Waals surface area contributed by atoms with Gasteiger partial charge in [-0.1, -0.05) is 91.9 Å². The molecule has 0 amide bonds. The fourth-order valence-corrected chi connectivity index (χ4v) is 2.63. The molecule has 0 saturated heterocycles. The van der Waals surface area contributed by atoms with Gasteiger partial charge in [0.25, 0.3) is 0 Å². The van der Waals surface area contributed by atoms with Crippen molar-refractivity contribution in [3.8, 4) is 0 Å². The van der Waals surface area contributed by atoms with Crippen LogP contribution in [-0.4, -0.2) is 0 Å². The molecule has 0 saturated carbocycles. The maximum atomic E-state index is 2.26. The average Bonchev–Trinajstić information content (AvgIpc) is 2.61. The minimum absolute atomic E-state index is 1.04. The van der Waals surface area contributed by atoms with E-state index >= 15 is 0 Å². The lowest BCUT2D eigenvalue weighted by molar-refractivity contribution is 1.23. The van der Waals surface area contributed by atoms with Gasteiger partial charge in [-0.2, -0.15) is 0 Å². The van der Waals surface area contributed by atoms with Crippen molar-refractivity contribution in [3.63, 3.8) is 0 Å². The second-order valence-electron chi connectivity index (χ2n) is 5.66. The molecule has 24 heavy (non-hydrogen) atoms. The van der Waals surface area contributed by atoms with Crippen molar-refractivity contribution >= 4 is 17.7 Å². The Hall–Kier alpha value is -2.60. The molecule has 0 bridgehead atoms. The Balaban J connectivity index is 2.41. The second kappa shape index (κ2) is 9.52. The normalized spacial score (nSPS) is 14.2. The van der Waals surface area contributed by atoms with Gasteiger partial charge in [-0.05, 0) is 53.5 Å². The number of allylic oxidation sites excluding steroid dienone is 6. The summed E-state index contributed by atoms with van der Waals surface area (Å²) in [5.74, 6) is 0. The number of rotatable bonds is 5. The van der Waals surface area contributed by atoms with E-state index in [-0.39, 0.29) is 0 Å². The van der Waals surface area contributed by atoms with E-state index in [4.69, 9.17) is 0 Å². The van der Waals surface area contributed by atoms with E-state index in [0.29, 0.717) is 0 Å². The quantitative estimate of drug-likeness (QED) is 0.662. The summed E-state index contributed by atoms with van der Waals surface area (Å²) in [6.07, 6.45) is 16.1. The summed E-state index contributed by atoms with van der Waals surface area (Å²) in [5.41, 5.74) is 3.77. The number of benzene rings is 2. The summed E-state index contributed by atoms with van der Waals surface area (Å²) < 4.78 is 0. The lowest BCUT2D eigenvalue weighted by Gasteiger charge is -2.03. The van der Waals surface area contributed by atoms with E-state index in [2.05, 4.69) is 105 Å². The highest BCUT2D eigenvalue weighted by Gasteiger charge is 1.97. The maximum Gasteiger partial charge on any atom is -0.0178 e. The smallest absolute Gasteiger partial charge is 0.0178 e. The minimum atomic E-state index is 1.04. The van der Waals surface area contributed by atoms with E-state index in [1.54, 1.807) is 0 Å². The topological polar surface area (TPSA) is 0 Å². The van der Waals surface area contributed by atoms with Crippen molar-refractivity contribution in [2.75, 3.05) is 0 Å². The van der Waals surface area contributed by atoms with Crippen molar-refractivity contribution in [2.45, 2.75) is 27.2 Å². The fourth-order valence-electron chi connectivity index (χ4n) is 2.63. The summed E-state index contributed by atoms with van der Waals surface area (Å²) in [6.45, 7) is 6.27. The Morgan fingerprint density at radius 1 is 0.875 bits per heavy atom. The van der Waals surface area contributed by atoms with Crippen LogP contribution in [-0.2, 0) is 0 Å². The summed E-state index contributed by atoms with van der Waals surface area (Å²) in [5, 5.41) is 2.47. The first kappa shape index (κ1) is 17.7. The molecule has 0 spiro atoms. The van der Waals surface area contributed by atoms with Gasteiger partial charge in [-0.15, -0.1) is 0 Å². The SMILES string of the molecule is C/C=C\C(=C/CC)c1ccc(/C=c2/cccc/c2=C/C=C/C)cc1. The zero-order valence-corrected chi connectivity index (χ0v) is 14.9. The van der Waals surface area contributed by atoms with Crippen LogP contribution in [0.5, 0.6) is 0 Å². The molecule has 2 aromatic carbocycles. The van der Waals surface area contributed by atoms with Crippen molar-refractivity contribution in [1.29, 1.82) is 0 Å². The van der Waals surface area contributed by atoms with Crippen LogP contribution in [0, 0.1) is 0 Å². The highest BCUT2D eigenvalue weighted by Crippen LogP contribution is 2.17. The number of hydrogen-bond donors (Lipinski definition) is 0. The second-order valence-corrected chi connectivity index (χ2v) is 5.66. The molecule has 2 aromatic rings. The Morgan fingerprint density at radius 3 is 2.21 bits per heavy atom. The van der Waals surface area contributed by atoms with Gasteiger partial charge < -0.3 is 0 Å². The molecule has 0 aliphatic heterocycles. The Bertz CT molecular complexity index is 844. The largest absolute Gasteiger partial charge is 0.0876 e. The average molecular weight is 314 g/mol. The lowest BCUT2D eigenvalue weighted by Crippen LogP contribution is -2.23. The van der Waals surface area contributed by atoms with Crippen LogP contribution in [0.1, 0.15) is 38.3 Å².